The molecule has 6 nitrogen and oxygen atoms in total. The molecular weight excluding hydrogens is 300 g/mol. The van der Waals surface area contributed by atoms with Gasteiger partial charge in [-0.1, -0.05) is 6.07 Å². The normalized spacial score (nSPS) is 11.0. The van der Waals surface area contributed by atoms with Crippen molar-refractivity contribution in [3.8, 4) is 10.4 Å². The van der Waals surface area contributed by atoms with E-state index in [9.17, 15) is 4.79 Å². The molecule has 114 valence electrons. The summed E-state index contributed by atoms with van der Waals surface area (Å²) in [4.78, 5) is 17.7. The Balaban J connectivity index is 1.95. The molecule has 0 unspecified atom stereocenters. The highest BCUT2D eigenvalue weighted by Crippen LogP contribution is 2.28. The van der Waals surface area contributed by atoms with E-state index in [1.54, 1.807) is 35.4 Å². The van der Waals surface area contributed by atoms with Crippen LogP contribution in [-0.2, 0) is 4.74 Å². The molecule has 0 aliphatic carbocycles. The van der Waals surface area contributed by atoms with Gasteiger partial charge in [0.05, 0.1) is 29.6 Å². The number of carbonyl (C=O) groups is 1. The number of ether oxygens (including phenoxy) is 1. The fraction of sp³-hybridized carbons (Fsp3) is 0.267. The largest absolute Gasteiger partial charge is 0.383 e. The zero-order chi connectivity index (χ0) is 15.5. The quantitative estimate of drug-likeness (QED) is 0.732. The monoisotopic (exact) mass is 316 g/mol. The summed E-state index contributed by atoms with van der Waals surface area (Å²) in [5.41, 5.74) is 3.02. The molecule has 3 rings (SSSR count). The van der Waals surface area contributed by atoms with Gasteiger partial charge in [0.2, 0.25) is 0 Å². The van der Waals surface area contributed by atoms with Gasteiger partial charge in [0.15, 0.2) is 5.65 Å². The van der Waals surface area contributed by atoms with Crippen LogP contribution in [0.25, 0.3) is 16.1 Å². The Morgan fingerprint density at radius 3 is 3.05 bits per heavy atom. The predicted molar refractivity (Wildman–Crippen MR) is 85.2 cm³/mol. The smallest absolute Gasteiger partial charge is 0.254 e. The van der Waals surface area contributed by atoms with E-state index >= 15 is 0 Å². The summed E-state index contributed by atoms with van der Waals surface area (Å²) >= 11 is 1.64. The van der Waals surface area contributed by atoms with Crippen molar-refractivity contribution in [2.45, 2.75) is 6.92 Å². The number of amides is 1. The molecule has 1 N–H and O–H groups in total. The summed E-state index contributed by atoms with van der Waals surface area (Å²) < 4.78 is 6.64. The van der Waals surface area contributed by atoms with Crippen LogP contribution in [0.1, 0.15) is 16.1 Å². The average Bonchev–Trinajstić information content (AvgIpc) is 3.16. The highest BCUT2D eigenvalue weighted by atomic mass is 32.1. The van der Waals surface area contributed by atoms with E-state index < -0.39 is 0 Å². The third-order valence-corrected chi connectivity index (χ3v) is 4.29. The lowest BCUT2D eigenvalue weighted by Gasteiger charge is -2.08. The van der Waals surface area contributed by atoms with Gasteiger partial charge in [0.1, 0.15) is 0 Å². The zero-order valence-electron chi connectivity index (χ0n) is 12.4. The van der Waals surface area contributed by atoms with Gasteiger partial charge >= 0.3 is 0 Å². The SMILES string of the molecule is COCCNC(=O)c1cnc2c(-c3cccs3)cnn2c1C. The summed E-state index contributed by atoms with van der Waals surface area (Å²) in [6.45, 7) is 2.81. The first-order valence-electron chi connectivity index (χ1n) is 6.86. The minimum atomic E-state index is -0.169. The first-order chi connectivity index (χ1) is 10.7. The Hall–Kier alpha value is -2.25. The Morgan fingerprint density at radius 1 is 1.45 bits per heavy atom. The molecule has 0 radical (unpaired) electrons. The van der Waals surface area contributed by atoms with E-state index in [0.29, 0.717) is 18.7 Å². The van der Waals surface area contributed by atoms with Crippen molar-refractivity contribution in [3.63, 3.8) is 0 Å². The Kier molecular flexibility index (Phi) is 4.17. The maximum atomic E-state index is 12.2. The number of methoxy groups -OCH3 is 1. The number of thiophene rings is 1. The molecule has 0 aromatic carbocycles. The molecule has 0 aliphatic heterocycles. The van der Waals surface area contributed by atoms with E-state index in [0.717, 1.165) is 21.8 Å². The van der Waals surface area contributed by atoms with Crippen LogP contribution in [0.2, 0.25) is 0 Å². The van der Waals surface area contributed by atoms with Crippen molar-refractivity contribution in [1.82, 2.24) is 19.9 Å². The number of aromatic nitrogens is 3. The first kappa shape index (κ1) is 14.7. The van der Waals surface area contributed by atoms with Gasteiger partial charge in [-0.15, -0.1) is 11.3 Å². The van der Waals surface area contributed by atoms with Gasteiger partial charge in [0, 0.05) is 24.7 Å². The van der Waals surface area contributed by atoms with E-state index in [-0.39, 0.29) is 5.91 Å². The van der Waals surface area contributed by atoms with Crippen molar-refractivity contribution in [1.29, 1.82) is 0 Å². The zero-order valence-corrected chi connectivity index (χ0v) is 13.2. The van der Waals surface area contributed by atoms with Gasteiger partial charge in [-0.2, -0.15) is 5.10 Å². The summed E-state index contributed by atoms with van der Waals surface area (Å²) in [5.74, 6) is -0.169. The number of nitrogens with one attached hydrogen (secondary N) is 1. The molecular formula is C15H16N4O2S. The molecule has 22 heavy (non-hydrogen) atoms. The van der Waals surface area contributed by atoms with Crippen molar-refractivity contribution in [2.75, 3.05) is 20.3 Å². The minimum absolute atomic E-state index is 0.169. The van der Waals surface area contributed by atoms with Crippen LogP contribution in [0.4, 0.5) is 0 Å². The van der Waals surface area contributed by atoms with Crippen LogP contribution < -0.4 is 5.32 Å². The van der Waals surface area contributed by atoms with Crippen molar-refractivity contribution in [2.24, 2.45) is 0 Å². The van der Waals surface area contributed by atoms with Gasteiger partial charge in [-0.3, -0.25) is 4.79 Å². The molecule has 0 bridgehead atoms. The number of aryl methyl sites for hydroxylation is 1. The fourth-order valence-electron chi connectivity index (χ4n) is 2.24. The summed E-state index contributed by atoms with van der Waals surface area (Å²) in [6, 6.07) is 4.03. The number of rotatable bonds is 5. The van der Waals surface area contributed by atoms with E-state index in [2.05, 4.69) is 15.4 Å². The molecule has 3 heterocycles. The second-order valence-corrected chi connectivity index (χ2v) is 5.72. The molecule has 1 amide bonds. The molecule has 0 saturated carbocycles. The van der Waals surface area contributed by atoms with Gasteiger partial charge < -0.3 is 10.1 Å². The molecule has 0 fully saturated rings. The number of hydrogen-bond acceptors (Lipinski definition) is 5. The Morgan fingerprint density at radius 2 is 2.32 bits per heavy atom. The fourth-order valence-corrected chi connectivity index (χ4v) is 2.97. The first-order valence-corrected chi connectivity index (χ1v) is 7.74. The lowest BCUT2D eigenvalue weighted by molar-refractivity contribution is 0.0935. The number of fused-ring (bicyclic) bond motifs is 1. The molecule has 7 heteroatoms. The molecule has 0 atom stereocenters. The molecule has 0 aliphatic rings. The topological polar surface area (TPSA) is 68.5 Å². The van der Waals surface area contributed by atoms with E-state index in [1.165, 1.54) is 0 Å². The number of carbonyl (C=O) groups excluding carboxylic acids is 1. The standard InChI is InChI=1S/C15H16N4O2S/c1-10-11(15(20)16-5-6-21-2)8-17-14-12(9-18-19(10)14)13-4-3-7-22-13/h3-4,7-9H,5-6H2,1-2H3,(H,16,20). The lowest BCUT2D eigenvalue weighted by atomic mass is 10.2. The average molecular weight is 316 g/mol. The van der Waals surface area contributed by atoms with Gasteiger partial charge in [-0.05, 0) is 18.4 Å². The highest BCUT2D eigenvalue weighted by Gasteiger charge is 2.16. The molecule has 0 spiro atoms. The summed E-state index contributed by atoms with van der Waals surface area (Å²) in [5, 5.41) is 9.18. The second kappa shape index (κ2) is 6.25. The van der Waals surface area contributed by atoms with Crippen molar-refractivity contribution < 1.29 is 9.53 Å². The van der Waals surface area contributed by atoms with Gasteiger partial charge in [0.25, 0.3) is 5.91 Å². The molecule has 0 saturated heterocycles. The molecule has 3 aromatic rings. The van der Waals surface area contributed by atoms with Crippen LogP contribution in [0, 0.1) is 6.92 Å². The summed E-state index contributed by atoms with van der Waals surface area (Å²) in [6.07, 6.45) is 3.39. The van der Waals surface area contributed by atoms with Crippen LogP contribution in [-0.4, -0.2) is 40.8 Å². The van der Waals surface area contributed by atoms with Crippen molar-refractivity contribution in [3.05, 3.63) is 41.2 Å². The Bertz CT molecular complexity index is 795. The van der Waals surface area contributed by atoms with Gasteiger partial charge in [-0.25, -0.2) is 9.50 Å². The minimum Gasteiger partial charge on any atom is -0.383 e. The summed E-state index contributed by atoms with van der Waals surface area (Å²) in [7, 11) is 1.60. The predicted octanol–water partition coefficient (Wildman–Crippen LogP) is 2.14. The maximum Gasteiger partial charge on any atom is 0.254 e. The lowest BCUT2D eigenvalue weighted by Crippen LogP contribution is -2.28. The third kappa shape index (κ3) is 2.60. The van der Waals surface area contributed by atoms with Crippen LogP contribution >= 0.6 is 11.3 Å². The third-order valence-electron chi connectivity index (χ3n) is 3.39. The Labute approximate surface area is 131 Å². The maximum absolute atomic E-state index is 12.2. The number of hydrogen-bond donors (Lipinski definition) is 1. The number of nitrogens with zero attached hydrogens (tertiary/aromatic N) is 3. The van der Waals surface area contributed by atoms with Crippen LogP contribution in [0.3, 0.4) is 0 Å². The van der Waals surface area contributed by atoms with E-state index in [4.69, 9.17) is 4.74 Å². The van der Waals surface area contributed by atoms with Crippen molar-refractivity contribution >= 4 is 22.9 Å². The van der Waals surface area contributed by atoms with Crippen LogP contribution in [0.5, 0.6) is 0 Å². The van der Waals surface area contributed by atoms with E-state index in [1.807, 2.05) is 24.4 Å². The highest BCUT2D eigenvalue weighted by molar-refractivity contribution is 7.13. The molecule has 3 aromatic heterocycles. The second-order valence-electron chi connectivity index (χ2n) is 4.78. The van der Waals surface area contributed by atoms with Crippen LogP contribution in [0.15, 0.2) is 29.9 Å².